The van der Waals surface area contributed by atoms with Gasteiger partial charge >= 0.3 is 17.7 Å². The summed E-state index contributed by atoms with van der Waals surface area (Å²) < 4.78 is 53.7. The molecule has 0 fully saturated rings. The summed E-state index contributed by atoms with van der Waals surface area (Å²) in [6.07, 6.45) is 0.941. The van der Waals surface area contributed by atoms with Crippen LogP contribution in [0.15, 0.2) is 48.5 Å². The van der Waals surface area contributed by atoms with Crippen LogP contribution in [0.3, 0.4) is 0 Å². The highest BCUT2D eigenvalue weighted by Crippen LogP contribution is 2.66. The van der Waals surface area contributed by atoms with Gasteiger partial charge in [0.1, 0.15) is 11.1 Å². The van der Waals surface area contributed by atoms with Crippen molar-refractivity contribution in [2.75, 3.05) is 12.9 Å². The second kappa shape index (κ2) is 6.91. The summed E-state index contributed by atoms with van der Waals surface area (Å²) in [5.41, 5.74) is 1.92. The predicted molar refractivity (Wildman–Crippen MR) is 100 cm³/mol. The smallest absolute Gasteiger partial charge is 0.415 e. The molecule has 1 aliphatic heterocycles. The van der Waals surface area contributed by atoms with Crippen molar-refractivity contribution in [1.82, 2.24) is 0 Å². The quantitative estimate of drug-likeness (QED) is 0.552. The van der Waals surface area contributed by atoms with E-state index in [9.17, 15) is 13.0 Å². The molecule has 1 heterocycles. The highest BCUT2D eigenvalue weighted by Gasteiger charge is 2.43. The van der Waals surface area contributed by atoms with E-state index in [1.165, 1.54) is 0 Å². The Labute approximate surface area is 153 Å². The Kier molecular flexibility index (Phi) is 4.97. The Balaban J connectivity index is 2.36. The monoisotopic (exact) mass is 394 g/mol. The maximum absolute atomic E-state index is 13.5. The first-order valence-electron chi connectivity index (χ1n) is 7.98. The van der Waals surface area contributed by atoms with Crippen molar-refractivity contribution in [1.29, 1.82) is 0 Å². The molecule has 0 spiro atoms. The summed E-state index contributed by atoms with van der Waals surface area (Å²) >= 11 is 0. The van der Waals surface area contributed by atoms with E-state index in [1.807, 2.05) is 19.1 Å². The molecule has 0 saturated heterocycles. The highest BCUT2D eigenvalue weighted by atomic mass is 32.2. The molecule has 0 N–H and O–H groups in total. The van der Waals surface area contributed by atoms with Gasteiger partial charge in [-0.25, -0.2) is 4.57 Å². The average Bonchev–Trinajstić information content (AvgIpc) is 2.55. The van der Waals surface area contributed by atoms with Crippen LogP contribution in [-0.2, 0) is 23.4 Å². The Bertz CT molecular complexity index is 1010. The van der Waals surface area contributed by atoms with Crippen molar-refractivity contribution in [2.24, 2.45) is 0 Å². The van der Waals surface area contributed by atoms with Crippen molar-refractivity contribution in [2.45, 2.75) is 13.8 Å². The minimum Gasteiger partial charge on any atom is -0.420 e. The average molecular weight is 394 g/mol. The first kappa shape index (κ1) is 18.7. The van der Waals surface area contributed by atoms with E-state index < -0.39 is 17.7 Å². The lowest BCUT2D eigenvalue weighted by molar-refractivity contribution is 0.288. The lowest BCUT2D eigenvalue weighted by atomic mass is 10.1. The topological polar surface area (TPSA) is 78.9 Å². The molecule has 0 bridgehead atoms. The zero-order chi connectivity index (χ0) is 18.9. The molecule has 0 amide bonds. The SMILES string of the molecule is CCOP1(=O)Oc2ccccc2C(OS(C)(=O)=O)=C1c1ccc(C)cc1. The fourth-order valence-electron chi connectivity index (χ4n) is 2.66. The van der Waals surface area contributed by atoms with Crippen LogP contribution in [0.1, 0.15) is 23.6 Å². The molecule has 0 saturated carbocycles. The zero-order valence-electron chi connectivity index (χ0n) is 14.6. The number of fused-ring (bicyclic) bond motifs is 1. The second-order valence-corrected chi connectivity index (χ2v) is 9.29. The summed E-state index contributed by atoms with van der Waals surface area (Å²) in [6, 6.07) is 13.8. The van der Waals surface area contributed by atoms with Crippen LogP contribution in [-0.4, -0.2) is 21.3 Å². The van der Waals surface area contributed by atoms with Crippen molar-refractivity contribution in [3.63, 3.8) is 0 Å². The molecule has 1 unspecified atom stereocenters. The molecule has 3 rings (SSSR count). The minimum absolute atomic E-state index is 0.0324. The van der Waals surface area contributed by atoms with Gasteiger partial charge in [0.25, 0.3) is 0 Å². The van der Waals surface area contributed by atoms with Crippen LogP contribution in [0.4, 0.5) is 0 Å². The summed E-state index contributed by atoms with van der Waals surface area (Å²) in [4.78, 5) is 0. The molecule has 26 heavy (non-hydrogen) atoms. The third-order valence-electron chi connectivity index (χ3n) is 3.70. The van der Waals surface area contributed by atoms with Gasteiger partial charge in [-0.15, -0.1) is 0 Å². The molecule has 0 radical (unpaired) electrons. The van der Waals surface area contributed by atoms with Gasteiger partial charge in [0.2, 0.25) is 0 Å². The molecule has 0 aromatic heterocycles. The number of hydrogen-bond acceptors (Lipinski definition) is 6. The van der Waals surface area contributed by atoms with Crippen LogP contribution < -0.4 is 4.52 Å². The molecule has 1 atom stereocenters. The van der Waals surface area contributed by atoms with Crippen molar-refractivity contribution in [3.8, 4) is 5.75 Å². The van der Waals surface area contributed by atoms with Gasteiger partial charge in [-0.05, 0) is 31.5 Å². The molecular formula is C18H19O6PS. The Morgan fingerprint density at radius 1 is 1.08 bits per heavy atom. The maximum Gasteiger partial charge on any atom is 0.415 e. The second-order valence-electron chi connectivity index (χ2n) is 5.83. The normalized spacial score (nSPS) is 19.7. The van der Waals surface area contributed by atoms with Gasteiger partial charge < -0.3 is 8.71 Å². The summed E-state index contributed by atoms with van der Waals surface area (Å²) in [5, 5.41) is 0.100. The number of hydrogen-bond donors (Lipinski definition) is 0. The van der Waals surface area contributed by atoms with Crippen molar-refractivity contribution < 1.29 is 26.2 Å². The first-order valence-corrected chi connectivity index (χ1v) is 11.3. The molecule has 138 valence electrons. The number of rotatable bonds is 5. The predicted octanol–water partition coefficient (Wildman–Crippen LogP) is 4.42. The van der Waals surface area contributed by atoms with E-state index in [0.717, 1.165) is 11.8 Å². The van der Waals surface area contributed by atoms with Gasteiger partial charge in [-0.1, -0.05) is 42.0 Å². The van der Waals surface area contributed by atoms with Crippen molar-refractivity contribution in [3.05, 3.63) is 65.2 Å². The first-order chi connectivity index (χ1) is 12.2. The molecule has 0 aliphatic carbocycles. The van der Waals surface area contributed by atoms with Gasteiger partial charge in [0.15, 0.2) is 5.76 Å². The Morgan fingerprint density at radius 2 is 1.73 bits per heavy atom. The Hall–Kier alpha value is -2.08. The van der Waals surface area contributed by atoms with Gasteiger partial charge in [0, 0.05) is 0 Å². The van der Waals surface area contributed by atoms with Crippen molar-refractivity contribution >= 4 is 28.8 Å². The van der Waals surface area contributed by atoms with E-state index in [2.05, 4.69) is 0 Å². The molecule has 1 aliphatic rings. The largest absolute Gasteiger partial charge is 0.420 e. The van der Waals surface area contributed by atoms with E-state index in [4.69, 9.17) is 13.2 Å². The van der Waals surface area contributed by atoms with Crippen LogP contribution in [0.25, 0.3) is 11.1 Å². The number of aryl methyl sites for hydroxylation is 1. The van der Waals surface area contributed by atoms with E-state index in [0.29, 0.717) is 11.1 Å². The molecule has 2 aromatic rings. The van der Waals surface area contributed by atoms with E-state index in [-0.39, 0.29) is 23.4 Å². The summed E-state index contributed by atoms with van der Waals surface area (Å²) in [5.74, 6) is 0.216. The third-order valence-corrected chi connectivity index (χ3v) is 6.21. The minimum atomic E-state index is -3.87. The van der Waals surface area contributed by atoms with Gasteiger partial charge in [0.05, 0.1) is 18.4 Å². The molecule has 6 nitrogen and oxygen atoms in total. The highest BCUT2D eigenvalue weighted by molar-refractivity contribution is 7.86. The lowest BCUT2D eigenvalue weighted by Gasteiger charge is -2.29. The Morgan fingerprint density at radius 3 is 2.35 bits per heavy atom. The molecule has 8 heteroatoms. The lowest BCUT2D eigenvalue weighted by Crippen LogP contribution is -2.13. The van der Waals surface area contributed by atoms with Crippen LogP contribution >= 0.6 is 7.60 Å². The summed E-state index contributed by atoms with van der Waals surface area (Å²) in [7, 11) is -7.72. The van der Waals surface area contributed by atoms with Crippen LogP contribution in [0.5, 0.6) is 5.75 Å². The third kappa shape index (κ3) is 3.70. The number of para-hydroxylation sites is 1. The zero-order valence-corrected chi connectivity index (χ0v) is 16.3. The fourth-order valence-corrected chi connectivity index (χ4v) is 5.11. The maximum atomic E-state index is 13.5. The molecular weight excluding hydrogens is 375 g/mol. The standard InChI is InChI=1S/C18H19O6PS/c1-4-22-25(19)18(14-11-9-13(2)10-12-14)17(24-26(3,20)21)15-7-5-6-8-16(15)23-25/h5-12H,4H2,1-3H3. The molecule has 2 aromatic carbocycles. The van der Waals surface area contributed by atoms with E-state index >= 15 is 0 Å². The van der Waals surface area contributed by atoms with Gasteiger partial charge in [-0.2, -0.15) is 8.42 Å². The number of benzene rings is 2. The fraction of sp³-hybridized carbons (Fsp3) is 0.222. The summed E-state index contributed by atoms with van der Waals surface area (Å²) in [6.45, 7) is 3.73. The van der Waals surface area contributed by atoms with Crippen LogP contribution in [0, 0.1) is 6.92 Å². The van der Waals surface area contributed by atoms with Gasteiger partial charge in [-0.3, -0.25) is 4.52 Å². The van der Waals surface area contributed by atoms with Crippen LogP contribution in [0.2, 0.25) is 0 Å². The van der Waals surface area contributed by atoms with E-state index in [1.54, 1.807) is 43.3 Å².